The number of nitrogens with one attached hydrogen (secondary N) is 1. The average molecular weight is 359 g/mol. The van der Waals surface area contributed by atoms with Crippen molar-refractivity contribution >= 4 is 17.5 Å². The molecule has 1 amide bonds. The molecule has 0 atom stereocenters. The van der Waals surface area contributed by atoms with E-state index in [0.717, 1.165) is 5.56 Å². The second-order valence-electron chi connectivity index (χ2n) is 5.50. The number of carbonyl (C=O) groups is 1. The third-order valence-electron chi connectivity index (χ3n) is 3.64. The molecular weight excluding hydrogens is 343 g/mol. The Kier molecular flexibility index (Phi) is 5.46. The van der Waals surface area contributed by atoms with Crippen LogP contribution >= 0.6 is 11.6 Å². The van der Waals surface area contributed by atoms with Crippen molar-refractivity contribution in [3.8, 4) is 11.3 Å². The van der Waals surface area contributed by atoms with Crippen LogP contribution in [0.3, 0.4) is 0 Å². The molecule has 0 aliphatic rings. The molecule has 0 spiro atoms. The van der Waals surface area contributed by atoms with E-state index < -0.39 is 0 Å². The van der Waals surface area contributed by atoms with E-state index in [-0.39, 0.29) is 24.7 Å². The van der Waals surface area contributed by atoms with Crippen molar-refractivity contribution in [2.24, 2.45) is 0 Å². The summed E-state index contributed by atoms with van der Waals surface area (Å²) in [5.74, 6) is 0.567. The molecule has 0 unspecified atom stereocenters. The maximum absolute atomic E-state index is 13.1. The van der Waals surface area contributed by atoms with Crippen molar-refractivity contribution in [3.05, 3.63) is 77.0 Å². The summed E-state index contributed by atoms with van der Waals surface area (Å²) in [4.78, 5) is 16.1. The van der Waals surface area contributed by atoms with Gasteiger partial charge in [-0.25, -0.2) is 9.37 Å². The first-order chi connectivity index (χ1) is 12.1. The van der Waals surface area contributed by atoms with E-state index in [9.17, 15) is 9.18 Å². The molecule has 25 heavy (non-hydrogen) atoms. The first-order valence-corrected chi connectivity index (χ1v) is 8.20. The molecule has 0 saturated heterocycles. The fraction of sp³-hybridized carbons (Fsp3) is 0.158. The third kappa shape index (κ3) is 4.67. The highest BCUT2D eigenvalue weighted by atomic mass is 35.5. The van der Waals surface area contributed by atoms with E-state index in [1.807, 2.05) is 18.2 Å². The fourth-order valence-electron chi connectivity index (χ4n) is 2.37. The van der Waals surface area contributed by atoms with Gasteiger partial charge in [0.15, 0.2) is 11.7 Å². The van der Waals surface area contributed by atoms with Crippen LogP contribution in [0, 0.1) is 5.82 Å². The Morgan fingerprint density at radius 3 is 2.84 bits per heavy atom. The van der Waals surface area contributed by atoms with Crippen molar-refractivity contribution in [2.45, 2.75) is 19.4 Å². The molecule has 1 aromatic heterocycles. The molecule has 0 aliphatic carbocycles. The van der Waals surface area contributed by atoms with Gasteiger partial charge in [0.25, 0.3) is 0 Å². The summed E-state index contributed by atoms with van der Waals surface area (Å²) in [6.07, 6.45) is 2.21. The highest BCUT2D eigenvalue weighted by Gasteiger charge is 2.11. The number of nitrogens with zero attached hydrogens (tertiary/aromatic N) is 1. The Hall–Kier alpha value is -2.66. The van der Waals surface area contributed by atoms with Gasteiger partial charge in [0, 0.05) is 24.9 Å². The van der Waals surface area contributed by atoms with Gasteiger partial charge in [0.05, 0.1) is 11.2 Å². The fourth-order valence-corrected chi connectivity index (χ4v) is 2.60. The molecule has 3 rings (SSSR count). The summed E-state index contributed by atoms with van der Waals surface area (Å²) in [5.41, 5.74) is 1.48. The summed E-state index contributed by atoms with van der Waals surface area (Å²) in [6, 6.07) is 13.5. The Bertz CT molecular complexity index is 879. The molecule has 4 nitrogen and oxygen atoms in total. The van der Waals surface area contributed by atoms with Gasteiger partial charge in [-0.05, 0) is 29.8 Å². The molecule has 6 heteroatoms. The van der Waals surface area contributed by atoms with Crippen LogP contribution in [0.4, 0.5) is 4.39 Å². The molecule has 0 saturated carbocycles. The minimum Gasteiger partial charge on any atom is -0.441 e. The van der Waals surface area contributed by atoms with Crippen LogP contribution in [0.1, 0.15) is 17.9 Å². The van der Waals surface area contributed by atoms with E-state index >= 15 is 0 Å². The topological polar surface area (TPSA) is 55.1 Å². The zero-order chi connectivity index (χ0) is 17.6. The number of carbonyl (C=O) groups excluding carboxylic acids is 1. The van der Waals surface area contributed by atoms with Gasteiger partial charge in [-0.2, -0.15) is 0 Å². The van der Waals surface area contributed by atoms with Gasteiger partial charge in [-0.1, -0.05) is 35.9 Å². The smallest absolute Gasteiger partial charge is 0.220 e. The van der Waals surface area contributed by atoms with Crippen molar-refractivity contribution in [1.82, 2.24) is 10.3 Å². The SMILES string of the molecule is O=C(CCc1ncc(-c2ccccc2Cl)o1)NCc1cccc(F)c1. The number of hydrogen-bond acceptors (Lipinski definition) is 3. The molecule has 0 aliphatic heterocycles. The number of aromatic nitrogens is 1. The third-order valence-corrected chi connectivity index (χ3v) is 3.97. The maximum Gasteiger partial charge on any atom is 0.220 e. The van der Waals surface area contributed by atoms with E-state index in [2.05, 4.69) is 10.3 Å². The maximum atomic E-state index is 13.1. The molecule has 0 radical (unpaired) electrons. The number of rotatable bonds is 6. The van der Waals surface area contributed by atoms with Crippen LogP contribution in [0.2, 0.25) is 5.02 Å². The standard InChI is InChI=1S/C19H16ClFN2O2/c20-16-7-2-1-6-15(16)17-12-23-19(25-17)9-8-18(24)22-11-13-4-3-5-14(21)10-13/h1-7,10,12H,8-9,11H2,(H,22,24). The van der Waals surface area contributed by atoms with Crippen molar-refractivity contribution < 1.29 is 13.6 Å². The lowest BCUT2D eigenvalue weighted by Crippen LogP contribution is -2.23. The zero-order valence-electron chi connectivity index (χ0n) is 13.3. The Morgan fingerprint density at radius 1 is 1.20 bits per heavy atom. The average Bonchev–Trinajstić information content (AvgIpc) is 3.07. The van der Waals surface area contributed by atoms with E-state index in [0.29, 0.717) is 28.7 Å². The number of benzene rings is 2. The largest absolute Gasteiger partial charge is 0.441 e. The molecule has 128 valence electrons. The molecule has 1 heterocycles. The molecule has 0 bridgehead atoms. The lowest BCUT2D eigenvalue weighted by atomic mass is 10.2. The van der Waals surface area contributed by atoms with E-state index in [1.54, 1.807) is 24.4 Å². The number of oxazole rings is 1. The van der Waals surface area contributed by atoms with Gasteiger partial charge in [0.2, 0.25) is 5.91 Å². The minimum atomic E-state index is -0.321. The zero-order valence-corrected chi connectivity index (χ0v) is 14.1. The molecule has 1 N–H and O–H groups in total. The predicted molar refractivity (Wildman–Crippen MR) is 93.5 cm³/mol. The van der Waals surface area contributed by atoms with Crippen LogP contribution in [0.15, 0.2) is 59.1 Å². The van der Waals surface area contributed by atoms with Gasteiger partial charge >= 0.3 is 0 Å². The van der Waals surface area contributed by atoms with Gasteiger partial charge in [-0.15, -0.1) is 0 Å². The lowest BCUT2D eigenvalue weighted by Gasteiger charge is -2.04. The van der Waals surface area contributed by atoms with E-state index in [1.165, 1.54) is 12.1 Å². The normalized spacial score (nSPS) is 10.6. The predicted octanol–water partition coefficient (Wildman–Crippen LogP) is 4.38. The first-order valence-electron chi connectivity index (χ1n) is 7.82. The Morgan fingerprint density at radius 2 is 2.04 bits per heavy atom. The first kappa shape index (κ1) is 17.2. The summed E-state index contributed by atoms with van der Waals surface area (Å²) in [5, 5.41) is 3.33. The van der Waals surface area contributed by atoms with Crippen LogP contribution in [-0.2, 0) is 17.8 Å². The summed E-state index contributed by atoms with van der Waals surface area (Å²) < 4.78 is 18.7. The quantitative estimate of drug-likeness (QED) is 0.711. The second-order valence-corrected chi connectivity index (χ2v) is 5.91. The highest BCUT2D eigenvalue weighted by molar-refractivity contribution is 6.33. The van der Waals surface area contributed by atoms with E-state index in [4.69, 9.17) is 16.0 Å². The number of halogens is 2. The number of aryl methyl sites for hydroxylation is 1. The summed E-state index contributed by atoms with van der Waals surface area (Å²) in [6.45, 7) is 0.285. The van der Waals surface area contributed by atoms with Crippen molar-refractivity contribution in [2.75, 3.05) is 0 Å². The second kappa shape index (κ2) is 7.94. The van der Waals surface area contributed by atoms with Gasteiger partial charge < -0.3 is 9.73 Å². The highest BCUT2D eigenvalue weighted by Crippen LogP contribution is 2.28. The summed E-state index contributed by atoms with van der Waals surface area (Å²) in [7, 11) is 0. The van der Waals surface area contributed by atoms with Crippen molar-refractivity contribution in [1.29, 1.82) is 0 Å². The Balaban J connectivity index is 1.52. The number of hydrogen-bond donors (Lipinski definition) is 1. The molecule has 2 aromatic carbocycles. The van der Waals surface area contributed by atoms with Crippen LogP contribution in [0.5, 0.6) is 0 Å². The Labute approximate surface area is 149 Å². The molecule has 3 aromatic rings. The van der Waals surface area contributed by atoms with Crippen molar-refractivity contribution in [3.63, 3.8) is 0 Å². The van der Waals surface area contributed by atoms with Crippen LogP contribution in [0.25, 0.3) is 11.3 Å². The molecular formula is C19H16ClFN2O2. The van der Waals surface area contributed by atoms with Gasteiger partial charge in [-0.3, -0.25) is 4.79 Å². The monoisotopic (exact) mass is 358 g/mol. The molecule has 0 fully saturated rings. The lowest BCUT2D eigenvalue weighted by molar-refractivity contribution is -0.121. The van der Waals surface area contributed by atoms with Gasteiger partial charge in [0.1, 0.15) is 5.82 Å². The van der Waals surface area contributed by atoms with Crippen LogP contribution < -0.4 is 5.32 Å². The minimum absolute atomic E-state index is 0.151. The summed E-state index contributed by atoms with van der Waals surface area (Å²) >= 11 is 6.13. The number of amides is 1. The van der Waals surface area contributed by atoms with Crippen LogP contribution in [-0.4, -0.2) is 10.9 Å².